The molecule has 0 spiro atoms. The van der Waals surface area contributed by atoms with Crippen LogP contribution in [0.1, 0.15) is 61.6 Å². The predicted octanol–water partition coefficient (Wildman–Crippen LogP) is 3.86. The molecule has 3 aromatic rings. The highest BCUT2D eigenvalue weighted by atomic mass is 16.5. The molecule has 154 valence electrons. The first kappa shape index (κ1) is 18.6. The van der Waals surface area contributed by atoms with Gasteiger partial charge < -0.3 is 15.4 Å². The summed E-state index contributed by atoms with van der Waals surface area (Å²) in [5.74, 6) is 0.552. The fourth-order valence-corrected chi connectivity index (χ4v) is 3.68. The lowest BCUT2D eigenvalue weighted by molar-refractivity contribution is -0.122. The van der Waals surface area contributed by atoms with E-state index in [1.54, 1.807) is 31.3 Å². The smallest absolute Gasteiger partial charge is 0.265 e. The van der Waals surface area contributed by atoms with E-state index >= 15 is 0 Å². The molecule has 0 radical (unpaired) electrons. The fourth-order valence-electron chi connectivity index (χ4n) is 3.68. The van der Waals surface area contributed by atoms with E-state index in [2.05, 4.69) is 15.7 Å². The van der Waals surface area contributed by atoms with E-state index in [1.165, 1.54) is 0 Å². The van der Waals surface area contributed by atoms with E-state index in [-0.39, 0.29) is 17.9 Å². The van der Waals surface area contributed by atoms with Gasteiger partial charge in [0, 0.05) is 23.3 Å². The summed E-state index contributed by atoms with van der Waals surface area (Å²) in [5, 5.41) is 10.9. The molecule has 2 N–H and O–H groups in total. The second-order valence-electron chi connectivity index (χ2n) is 8.20. The minimum atomic E-state index is -0.540. The van der Waals surface area contributed by atoms with Crippen LogP contribution < -0.4 is 15.4 Å². The molecule has 2 aliphatic rings. The maximum absolute atomic E-state index is 13.2. The first-order valence-corrected chi connectivity index (χ1v) is 10.2. The van der Waals surface area contributed by atoms with Gasteiger partial charge in [-0.1, -0.05) is 0 Å². The summed E-state index contributed by atoms with van der Waals surface area (Å²) in [4.78, 5) is 29.9. The number of nitrogens with zero attached hydrogens (tertiary/aromatic N) is 3. The van der Waals surface area contributed by atoms with Crippen molar-refractivity contribution in [1.29, 1.82) is 0 Å². The van der Waals surface area contributed by atoms with Gasteiger partial charge in [-0.3, -0.25) is 9.59 Å². The summed E-state index contributed by atoms with van der Waals surface area (Å²) in [7, 11) is 0. The van der Waals surface area contributed by atoms with E-state index < -0.39 is 6.10 Å². The highest BCUT2D eigenvalue weighted by Gasteiger charge is 2.28. The summed E-state index contributed by atoms with van der Waals surface area (Å²) >= 11 is 0. The standard InChI is InChI=1S/C22H23N5O3/c1-11(2)27-20-16(10-23-27)15(9-17(25-20)13-4-5-13)22(29)24-14-6-7-19-18(8-14)26-21(28)12(3)30-19/h6-13H,4-5H2,1-3H3,(H,24,29)(H,26,28)/t12-/m0/s1. The van der Waals surface area contributed by atoms with Gasteiger partial charge in [0.2, 0.25) is 0 Å². The van der Waals surface area contributed by atoms with Gasteiger partial charge in [-0.05, 0) is 57.9 Å². The van der Waals surface area contributed by atoms with Crippen LogP contribution in [0.15, 0.2) is 30.5 Å². The molecule has 0 bridgehead atoms. The minimum Gasteiger partial charge on any atom is -0.479 e. The van der Waals surface area contributed by atoms with Crippen molar-refractivity contribution < 1.29 is 14.3 Å². The molecule has 5 rings (SSSR count). The highest BCUT2D eigenvalue weighted by Crippen LogP contribution is 2.40. The van der Waals surface area contributed by atoms with E-state index in [0.29, 0.717) is 28.6 Å². The van der Waals surface area contributed by atoms with Crippen LogP contribution in [0.2, 0.25) is 0 Å². The number of amides is 2. The molecule has 3 heterocycles. The van der Waals surface area contributed by atoms with Crippen molar-refractivity contribution in [2.24, 2.45) is 0 Å². The molecule has 1 saturated carbocycles. The van der Waals surface area contributed by atoms with Crippen molar-refractivity contribution in [2.45, 2.75) is 51.7 Å². The number of fused-ring (bicyclic) bond motifs is 2. The van der Waals surface area contributed by atoms with Crippen LogP contribution in [0, 0.1) is 0 Å². The van der Waals surface area contributed by atoms with E-state index in [1.807, 2.05) is 24.6 Å². The summed E-state index contributed by atoms with van der Waals surface area (Å²) in [6, 6.07) is 7.24. The van der Waals surface area contributed by atoms with Gasteiger partial charge in [0.1, 0.15) is 5.75 Å². The Balaban J connectivity index is 1.49. The average molecular weight is 405 g/mol. The molecular weight excluding hydrogens is 382 g/mol. The number of carbonyl (C=O) groups is 2. The molecule has 30 heavy (non-hydrogen) atoms. The Kier molecular flexibility index (Phi) is 4.23. The zero-order valence-corrected chi connectivity index (χ0v) is 17.1. The van der Waals surface area contributed by atoms with E-state index in [0.717, 1.165) is 29.6 Å². The van der Waals surface area contributed by atoms with Crippen LogP contribution in [0.4, 0.5) is 11.4 Å². The van der Waals surface area contributed by atoms with E-state index in [4.69, 9.17) is 9.72 Å². The van der Waals surface area contributed by atoms with Crippen LogP contribution in [0.25, 0.3) is 11.0 Å². The maximum atomic E-state index is 13.2. The number of ether oxygens (including phenoxy) is 1. The monoisotopic (exact) mass is 405 g/mol. The fraction of sp³-hybridized carbons (Fsp3) is 0.364. The third-order valence-electron chi connectivity index (χ3n) is 5.48. The number of rotatable bonds is 4. The Morgan fingerprint density at radius 1 is 1.30 bits per heavy atom. The number of aromatic nitrogens is 3. The van der Waals surface area contributed by atoms with Gasteiger partial charge in [0.15, 0.2) is 11.8 Å². The number of nitrogens with one attached hydrogen (secondary N) is 2. The molecule has 1 aromatic carbocycles. The zero-order chi connectivity index (χ0) is 21.0. The van der Waals surface area contributed by atoms with Gasteiger partial charge in [0.05, 0.1) is 22.8 Å². The predicted molar refractivity (Wildman–Crippen MR) is 113 cm³/mol. The molecule has 8 nitrogen and oxygen atoms in total. The maximum Gasteiger partial charge on any atom is 0.265 e. The van der Waals surface area contributed by atoms with Gasteiger partial charge in [-0.25, -0.2) is 9.67 Å². The summed E-state index contributed by atoms with van der Waals surface area (Å²) in [5.41, 5.74) is 3.35. The molecule has 2 aromatic heterocycles. The average Bonchev–Trinajstić information content (AvgIpc) is 3.47. The molecular formula is C22H23N5O3. The Bertz CT molecular complexity index is 1180. The number of benzene rings is 1. The molecule has 0 saturated heterocycles. The molecule has 1 atom stereocenters. The van der Waals surface area contributed by atoms with Crippen molar-refractivity contribution >= 4 is 34.2 Å². The number of anilines is 2. The van der Waals surface area contributed by atoms with Crippen molar-refractivity contribution in [2.75, 3.05) is 10.6 Å². The van der Waals surface area contributed by atoms with Crippen LogP contribution in [-0.2, 0) is 4.79 Å². The van der Waals surface area contributed by atoms with Crippen LogP contribution in [0.3, 0.4) is 0 Å². The third kappa shape index (κ3) is 3.18. The normalized spacial score (nSPS) is 18.1. The first-order chi connectivity index (χ1) is 14.4. The van der Waals surface area contributed by atoms with E-state index in [9.17, 15) is 9.59 Å². The van der Waals surface area contributed by atoms with Crippen LogP contribution in [0.5, 0.6) is 5.75 Å². The third-order valence-corrected chi connectivity index (χ3v) is 5.48. The van der Waals surface area contributed by atoms with Gasteiger partial charge >= 0.3 is 0 Å². The van der Waals surface area contributed by atoms with Gasteiger partial charge in [0.25, 0.3) is 11.8 Å². The molecule has 8 heteroatoms. The highest BCUT2D eigenvalue weighted by molar-refractivity contribution is 6.12. The van der Waals surface area contributed by atoms with Crippen molar-refractivity contribution in [3.8, 4) is 5.75 Å². The Morgan fingerprint density at radius 3 is 2.83 bits per heavy atom. The number of hydrogen-bond acceptors (Lipinski definition) is 5. The number of carbonyl (C=O) groups excluding carboxylic acids is 2. The molecule has 1 aliphatic heterocycles. The van der Waals surface area contributed by atoms with Gasteiger partial charge in [-0.2, -0.15) is 5.10 Å². The van der Waals surface area contributed by atoms with Crippen LogP contribution in [-0.4, -0.2) is 32.7 Å². The quantitative estimate of drug-likeness (QED) is 0.687. The lowest BCUT2D eigenvalue weighted by Gasteiger charge is -2.23. The SMILES string of the molecule is CC(C)n1ncc2c(C(=O)Nc3ccc4c(c3)NC(=O)[C@H](C)O4)cc(C3CC3)nc21. The molecule has 1 aliphatic carbocycles. The second-order valence-corrected chi connectivity index (χ2v) is 8.20. The van der Waals surface area contributed by atoms with Crippen LogP contribution >= 0.6 is 0 Å². The largest absolute Gasteiger partial charge is 0.479 e. The lowest BCUT2D eigenvalue weighted by Crippen LogP contribution is -2.34. The first-order valence-electron chi connectivity index (χ1n) is 10.2. The number of pyridine rings is 1. The Hall–Kier alpha value is -3.42. The molecule has 1 fully saturated rings. The zero-order valence-electron chi connectivity index (χ0n) is 17.1. The minimum absolute atomic E-state index is 0.145. The van der Waals surface area contributed by atoms with Crippen molar-refractivity contribution in [1.82, 2.24) is 14.8 Å². The molecule has 2 amide bonds. The lowest BCUT2D eigenvalue weighted by atomic mass is 10.1. The molecule has 0 unspecified atom stereocenters. The number of hydrogen-bond donors (Lipinski definition) is 2. The summed E-state index contributed by atoms with van der Waals surface area (Å²) in [6.07, 6.45) is 3.36. The van der Waals surface area contributed by atoms with Gasteiger partial charge in [-0.15, -0.1) is 0 Å². The Labute approximate surface area is 173 Å². The second kappa shape index (κ2) is 6.83. The van der Waals surface area contributed by atoms with Crippen molar-refractivity contribution in [3.63, 3.8) is 0 Å². The summed E-state index contributed by atoms with van der Waals surface area (Å²) < 4.78 is 7.43. The van der Waals surface area contributed by atoms with Crippen molar-refractivity contribution in [3.05, 3.63) is 41.7 Å². The topological polar surface area (TPSA) is 98.1 Å². The Morgan fingerprint density at radius 2 is 2.10 bits per heavy atom. The summed E-state index contributed by atoms with van der Waals surface area (Å²) in [6.45, 7) is 5.78.